The van der Waals surface area contributed by atoms with Gasteiger partial charge in [-0.1, -0.05) is 6.07 Å². The molecule has 0 fully saturated rings. The van der Waals surface area contributed by atoms with Crippen LogP contribution < -0.4 is 10.5 Å². The van der Waals surface area contributed by atoms with Crippen molar-refractivity contribution in [3.63, 3.8) is 0 Å². The summed E-state index contributed by atoms with van der Waals surface area (Å²) in [5, 5.41) is 0. The molecule has 23 heavy (non-hydrogen) atoms. The van der Waals surface area contributed by atoms with Crippen molar-refractivity contribution in [2.24, 2.45) is 5.73 Å². The summed E-state index contributed by atoms with van der Waals surface area (Å²) >= 11 is 0. The Bertz CT molecular complexity index is 611. The summed E-state index contributed by atoms with van der Waals surface area (Å²) in [6.45, 7) is 2.34. The Balaban J connectivity index is 0.00000242. The molecular formula is C16H21Cl2N3O2. The van der Waals surface area contributed by atoms with E-state index in [9.17, 15) is 4.79 Å². The summed E-state index contributed by atoms with van der Waals surface area (Å²) in [6, 6.07) is 10.6. The number of hydrogen-bond acceptors (Lipinski definition) is 4. The number of carbonyl (C=O) groups is 1. The van der Waals surface area contributed by atoms with Gasteiger partial charge in [-0.2, -0.15) is 0 Å². The van der Waals surface area contributed by atoms with Crippen molar-refractivity contribution >= 4 is 30.7 Å². The lowest BCUT2D eigenvalue weighted by Crippen LogP contribution is -2.39. The van der Waals surface area contributed by atoms with Gasteiger partial charge in [0.05, 0.1) is 0 Å². The highest BCUT2D eigenvalue weighted by molar-refractivity contribution is 5.94. The first kappa shape index (κ1) is 21.2. The summed E-state index contributed by atoms with van der Waals surface area (Å²) in [7, 11) is 1.75. The fraction of sp³-hybridized carbons (Fsp3) is 0.250. The number of hydrogen-bond donors (Lipinski definition) is 1. The first-order valence-corrected chi connectivity index (χ1v) is 6.77. The van der Waals surface area contributed by atoms with Gasteiger partial charge in [0.1, 0.15) is 11.5 Å². The first-order valence-electron chi connectivity index (χ1n) is 6.77. The highest BCUT2D eigenvalue weighted by Crippen LogP contribution is 2.22. The molecule has 0 saturated carbocycles. The van der Waals surface area contributed by atoms with Crippen molar-refractivity contribution < 1.29 is 9.53 Å². The molecule has 2 rings (SSSR count). The van der Waals surface area contributed by atoms with Crippen LogP contribution in [0.4, 0.5) is 0 Å². The van der Waals surface area contributed by atoms with Crippen molar-refractivity contribution in [3.05, 3.63) is 54.4 Å². The highest BCUT2D eigenvalue weighted by Gasteiger charge is 2.16. The Kier molecular flexibility index (Phi) is 9.25. The number of amides is 1. The van der Waals surface area contributed by atoms with Crippen molar-refractivity contribution in [1.82, 2.24) is 9.88 Å². The zero-order valence-electron chi connectivity index (χ0n) is 13.0. The summed E-state index contributed by atoms with van der Waals surface area (Å²) < 4.78 is 5.70. The molecule has 1 heterocycles. The van der Waals surface area contributed by atoms with Gasteiger partial charge in [-0.05, 0) is 37.3 Å². The van der Waals surface area contributed by atoms with E-state index in [0.29, 0.717) is 23.6 Å². The van der Waals surface area contributed by atoms with Crippen molar-refractivity contribution in [2.75, 3.05) is 13.6 Å². The SMILES string of the molecule is CC(CN)N(C)C(=O)c1cccc(Oc2ccncc2)c1.Cl.Cl. The Morgan fingerprint density at radius 1 is 1.22 bits per heavy atom. The minimum atomic E-state index is -0.0758. The third kappa shape index (κ3) is 5.71. The minimum Gasteiger partial charge on any atom is -0.457 e. The maximum Gasteiger partial charge on any atom is 0.254 e. The smallest absolute Gasteiger partial charge is 0.254 e. The minimum absolute atomic E-state index is 0. The molecule has 1 amide bonds. The number of ether oxygens (including phenoxy) is 1. The van der Waals surface area contributed by atoms with Gasteiger partial charge in [0, 0.05) is 37.6 Å². The number of nitrogens with zero attached hydrogens (tertiary/aromatic N) is 2. The van der Waals surface area contributed by atoms with Gasteiger partial charge in [-0.3, -0.25) is 9.78 Å². The Hall–Kier alpha value is -1.82. The lowest BCUT2D eigenvalue weighted by Gasteiger charge is -2.23. The number of rotatable bonds is 5. The lowest BCUT2D eigenvalue weighted by molar-refractivity contribution is 0.0748. The van der Waals surface area contributed by atoms with Crippen LogP contribution in [0.1, 0.15) is 17.3 Å². The lowest BCUT2D eigenvalue weighted by atomic mass is 10.1. The zero-order chi connectivity index (χ0) is 15.2. The van der Waals surface area contributed by atoms with Crippen LogP contribution in [0.3, 0.4) is 0 Å². The van der Waals surface area contributed by atoms with Crippen LogP contribution >= 0.6 is 24.8 Å². The number of pyridine rings is 1. The molecule has 2 N–H and O–H groups in total. The highest BCUT2D eigenvalue weighted by atomic mass is 35.5. The van der Waals surface area contributed by atoms with E-state index in [1.165, 1.54) is 0 Å². The number of likely N-dealkylation sites (N-methyl/N-ethyl adjacent to an activating group) is 1. The fourth-order valence-electron chi connectivity index (χ4n) is 1.80. The molecule has 0 radical (unpaired) electrons. The van der Waals surface area contributed by atoms with Crippen LogP contribution in [-0.4, -0.2) is 35.4 Å². The molecule has 0 aliphatic heterocycles. The maximum absolute atomic E-state index is 12.4. The van der Waals surface area contributed by atoms with Crippen molar-refractivity contribution in [3.8, 4) is 11.5 Å². The van der Waals surface area contributed by atoms with Crippen LogP contribution in [0.2, 0.25) is 0 Å². The predicted molar refractivity (Wildman–Crippen MR) is 95.9 cm³/mol. The van der Waals surface area contributed by atoms with Crippen LogP contribution in [0.5, 0.6) is 11.5 Å². The number of benzene rings is 1. The molecule has 7 heteroatoms. The van der Waals surface area contributed by atoms with Gasteiger partial charge in [0.2, 0.25) is 0 Å². The molecule has 0 aliphatic rings. The van der Waals surface area contributed by atoms with Crippen molar-refractivity contribution in [2.45, 2.75) is 13.0 Å². The van der Waals surface area contributed by atoms with E-state index < -0.39 is 0 Å². The van der Waals surface area contributed by atoms with E-state index in [1.54, 1.807) is 54.7 Å². The molecule has 0 spiro atoms. The fourth-order valence-corrected chi connectivity index (χ4v) is 1.80. The van der Waals surface area contributed by atoms with Crippen LogP contribution in [0.15, 0.2) is 48.8 Å². The molecule has 0 bridgehead atoms. The maximum atomic E-state index is 12.4. The zero-order valence-corrected chi connectivity index (χ0v) is 14.6. The van der Waals surface area contributed by atoms with Gasteiger partial charge in [-0.15, -0.1) is 24.8 Å². The second-order valence-corrected chi connectivity index (χ2v) is 4.81. The standard InChI is InChI=1S/C16H19N3O2.2ClH/c1-12(11-17)19(2)16(20)13-4-3-5-15(10-13)21-14-6-8-18-9-7-14;;/h3-10,12H,11,17H2,1-2H3;2*1H. The summed E-state index contributed by atoms with van der Waals surface area (Å²) in [5.74, 6) is 1.22. The molecule has 0 aliphatic carbocycles. The monoisotopic (exact) mass is 357 g/mol. The molecule has 1 atom stereocenters. The molecule has 1 unspecified atom stereocenters. The largest absolute Gasteiger partial charge is 0.457 e. The van der Waals surface area contributed by atoms with Crippen molar-refractivity contribution in [1.29, 1.82) is 0 Å². The molecule has 2 aromatic rings. The third-order valence-electron chi connectivity index (χ3n) is 3.29. The topological polar surface area (TPSA) is 68.5 Å². The van der Waals surface area contributed by atoms with Gasteiger partial charge in [0.15, 0.2) is 0 Å². The van der Waals surface area contributed by atoms with E-state index in [-0.39, 0.29) is 36.8 Å². The molecule has 0 saturated heterocycles. The number of halogens is 2. The van der Waals surface area contributed by atoms with E-state index >= 15 is 0 Å². The average molecular weight is 358 g/mol. The first-order chi connectivity index (χ1) is 10.1. The molecule has 1 aromatic carbocycles. The third-order valence-corrected chi connectivity index (χ3v) is 3.29. The summed E-state index contributed by atoms with van der Waals surface area (Å²) in [5.41, 5.74) is 6.17. The predicted octanol–water partition coefficient (Wildman–Crippen LogP) is 3.14. The molecule has 5 nitrogen and oxygen atoms in total. The van der Waals surface area contributed by atoms with Crippen LogP contribution in [0.25, 0.3) is 0 Å². The van der Waals surface area contributed by atoms with E-state index in [1.807, 2.05) is 13.0 Å². The van der Waals surface area contributed by atoms with Gasteiger partial charge in [-0.25, -0.2) is 0 Å². The molecule has 1 aromatic heterocycles. The Morgan fingerprint density at radius 2 is 1.87 bits per heavy atom. The number of aromatic nitrogens is 1. The van der Waals surface area contributed by atoms with E-state index in [0.717, 1.165) is 0 Å². The summed E-state index contributed by atoms with van der Waals surface area (Å²) in [6.07, 6.45) is 3.31. The quantitative estimate of drug-likeness (QED) is 0.892. The van der Waals surface area contributed by atoms with Crippen LogP contribution in [-0.2, 0) is 0 Å². The molecule has 126 valence electrons. The second-order valence-electron chi connectivity index (χ2n) is 4.81. The Labute approximate surface area is 148 Å². The van der Waals surface area contributed by atoms with Gasteiger partial charge < -0.3 is 15.4 Å². The Morgan fingerprint density at radius 3 is 2.48 bits per heavy atom. The second kappa shape index (κ2) is 10.0. The molecular weight excluding hydrogens is 337 g/mol. The van der Waals surface area contributed by atoms with Crippen LogP contribution in [0, 0.1) is 0 Å². The normalized spacial score (nSPS) is 10.7. The van der Waals surface area contributed by atoms with Gasteiger partial charge >= 0.3 is 0 Å². The number of nitrogens with two attached hydrogens (primary N) is 1. The van der Waals surface area contributed by atoms with E-state index in [4.69, 9.17) is 10.5 Å². The van der Waals surface area contributed by atoms with Gasteiger partial charge in [0.25, 0.3) is 5.91 Å². The average Bonchev–Trinajstić information content (AvgIpc) is 2.54. The number of carbonyl (C=O) groups excluding carboxylic acids is 1. The summed E-state index contributed by atoms with van der Waals surface area (Å²) in [4.78, 5) is 17.9. The van der Waals surface area contributed by atoms with E-state index in [2.05, 4.69) is 4.98 Å².